The molecule has 19 heavy (non-hydrogen) atoms. The maximum atomic E-state index is 12.6. The third-order valence-corrected chi connectivity index (χ3v) is 6.18. The fourth-order valence-electron chi connectivity index (χ4n) is 2.28. The highest BCUT2D eigenvalue weighted by Crippen LogP contribution is 2.33. The zero-order chi connectivity index (χ0) is 14.2. The molecule has 0 saturated carbocycles. The van der Waals surface area contributed by atoms with Gasteiger partial charge in [-0.05, 0) is 37.5 Å². The van der Waals surface area contributed by atoms with Crippen LogP contribution >= 0.6 is 23.2 Å². The summed E-state index contributed by atoms with van der Waals surface area (Å²) in [6.07, 6.45) is 1.69. The van der Waals surface area contributed by atoms with Crippen LogP contribution in [0, 0.1) is 0 Å². The minimum atomic E-state index is -3.64. The molecule has 2 rings (SSSR count). The van der Waals surface area contributed by atoms with E-state index in [1.54, 1.807) is 0 Å². The molecule has 1 aromatic rings. The smallest absolute Gasteiger partial charge is 0.244 e. The van der Waals surface area contributed by atoms with E-state index in [0.29, 0.717) is 12.1 Å². The Kier molecular flexibility index (Phi) is 4.42. The van der Waals surface area contributed by atoms with Crippen molar-refractivity contribution in [2.24, 2.45) is 0 Å². The van der Waals surface area contributed by atoms with Crippen molar-refractivity contribution in [1.29, 1.82) is 0 Å². The summed E-state index contributed by atoms with van der Waals surface area (Å²) >= 11 is 11.9. The van der Waals surface area contributed by atoms with Gasteiger partial charge >= 0.3 is 0 Å². The number of sulfonamides is 1. The van der Waals surface area contributed by atoms with E-state index in [2.05, 4.69) is 0 Å². The lowest BCUT2D eigenvalue weighted by Gasteiger charge is -2.22. The Balaban J connectivity index is 2.51. The maximum absolute atomic E-state index is 12.6. The normalized spacial score (nSPS) is 20.9. The summed E-state index contributed by atoms with van der Waals surface area (Å²) in [7, 11) is -3.64. The number of nitrogens with zero attached hydrogens (tertiary/aromatic N) is 1. The highest BCUT2D eigenvalue weighted by molar-refractivity contribution is 7.89. The van der Waals surface area contributed by atoms with Gasteiger partial charge in [0.2, 0.25) is 10.0 Å². The Labute approximate surface area is 123 Å². The van der Waals surface area contributed by atoms with E-state index < -0.39 is 10.0 Å². The Bertz CT molecular complexity index is 589. The molecule has 1 unspecified atom stereocenters. The van der Waals surface area contributed by atoms with Crippen LogP contribution in [0.5, 0.6) is 0 Å². The first-order chi connectivity index (χ1) is 8.87. The summed E-state index contributed by atoms with van der Waals surface area (Å²) in [6.45, 7) is 2.05. The molecule has 1 atom stereocenters. The van der Waals surface area contributed by atoms with Crippen molar-refractivity contribution in [2.45, 2.75) is 37.3 Å². The van der Waals surface area contributed by atoms with Gasteiger partial charge in [0, 0.05) is 17.6 Å². The first kappa shape index (κ1) is 15.1. The Morgan fingerprint density at radius 3 is 2.58 bits per heavy atom. The molecule has 1 N–H and O–H groups in total. The zero-order valence-corrected chi connectivity index (χ0v) is 12.8. The molecule has 1 aliphatic rings. The number of halogens is 2. The summed E-state index contributed by atoms with van der Waals surface area (Å²) in [5.74, 6) is 0. The lowest BCUT2D eigenvalue weighted by atomic mass is 10.2. The summed E-state index contributed by atoms with van der Waals surface area (Å²) < 4.78 is 26.6. The minimum Gasteiger partial charge on any atom is -0.392 e. The van der Waals surface area contributed by atoms with E-state index in [4.69, 9.17) is 23.2 Å². The van der Waals surface area contributed by atoms with Crippen LogP contribution in [0.1, 0.15) is 25.3 Å². The fourth-order valence-corrected chi connectivity index (χ4v) is 4.81. The van der Waals surface area contributed by atoms with Gasteiger partial charge in [-0.3, -0.25) is 0 Å². The Morgan fingerprint density at radius 1 is 1.37 bits per heavy atom. The molecular formula is C12H15Cl2NO3S. The third-order valence-electron chi connectivity index (χ3n) is 3.35. The average Bonchev–Trinajstić information content (AvgIpc) is 2.76. The molecule has 1 saturated heterocycles. The van der Waals surface area contributed by atoms with Gasteiger partial charge in [-0.2, -0.15) is 4.31 Å². The Morgan fingerprint density at radius 2 is 2.05 bits per heavy atom. The number of hydrogen-bond donors (Lipinski definition) is 1. The maximum Gasteiger partial charge on any atom is 0.244 e. The molecule has 106 valence electrons. The largest absolute Gasteiger partial charge is 0.392 e. The molecule has 0 spiro atoms. The van der Waals surface area contributed by atoms with Crippen molar-refractivity contribution < 1.29 is 13.5 Å². The van der Waals surface area contributed by atoms with Crippen LogP contribution in [0.15, 0.2) is 17.0 Å². The molecule has 0 radical (unpaired) electrons. The monoisotopic (exact) mass is 323 g/mol. The topological polar surface area (TPSA) is 57.6 Å². The van der Waals surface area contributed by atoms with Crippen molar-refractivity contribution in [2.75, 3.05) is 6.54 Å². The molecule has 1 fully saturated rings. The van der Waals surface area contributed by atoms with E-state index in [0.717, 1.165) is 12.8 Å². The highest BCUT2D eigenvalue weighted by atomic mass is 35.5. The van der Waals surface area contributed by atoms with Crippen molar-refractivity contribution in [3.05, 3.63) is 27.7 Å². The van der Waals surface area contributed by atoms with Gasteiger partial charge in [0.25, 0.3) is 0 Å². The van der Waals surface area contributed by atoms with Crippen molar-refractivity contribution in [1.82, 2.24) is 4.31 Å². The summed E-state index contributed by atoms with van der Waals surface area (Å²) in [5.41, 5.74) is 0.358. The second kappa shape index (κ2) is 5.58. The van der Waals surface area contributed by atoms with Crippen LogP contribution in [0.4, 0.5) is 0 Å². The quantitative estimate of drug-likeness (QED) is 0.930. The minimum absolute atomic E-state index is 0.0105. The van der Waals surface area contributed by atoms with E-state index in [-0.39, 0.29) is 27.6 Å². The zero-order valence-electron chi connectivity index (χ0n) is 10.4. The number of aliphatic hydroxyl groups excluding tert-OH is 1. The van der Waals surface area contributed by atoms with Crippen LogP contribution in [0.2, 0.25) is 10.0 Å². The van der Waals surface area contributed by atoms with Crippen LogP contribution < -0.4 is 0 Å². The van der Waals surface area contributed by atoms with Gasteiger partial charge in [0.15, 0.2) is 0 Å². The van der Waals surface area contributed by atoms with Crippen molar-refractivity contribution in [3.8, 4) is 0 Å². The molecule has 0 amide bonds. The van der Waals surface area contributed by atoms with Gasteiger partial charge in [-0.25, -0.2) is 8.42 Å². The summed E-state index contributed by atoms with van der Waals surface area (Å²) in [6, 6.07) is 2.68. The van der Waals surface area contributed by atoms with Gasteiger partial charge in [-0.15, -0.1) is 0 Å². The molecule has 1 aromatic carbocycles. The predicted octanol–water partition coefficient (Wildman–Crippen LogP) is 2.66. The molecule has 0 bridgehead atoms. The second-order valence-corrected chi connectivity index (χ2v) is 7.31. The van der Waals surface area contributed by atoms with Gasteiger partial charge in [0.05, 0.1) is 11.6 Å². The van der Waals surface area contributed by atoms with Crippen LogP contribution in [-0.4, -0.2) is 30.4 Å². The van der Waals surface area contributed by atoms with Crippen molar-refractivity contribution >= 4 is 33.2 Å². The predicted molar refractivity (Wildman–Crippen MR) is 75.0 cm³/mol. The van der Waals surface area contributed by atoms with E-state index in [1.165, 1.54) is 16.4 Å². The Hall–Kier alpha value is -0.330. The SMILES string of the molecule is CC1CCCN1S(=O)(=O)c1cc(CO)c(Cl)cc1Cl. The summed E-state index contributed by atoms with van der Waals surface area (Å²) in [4.78, 5) is 0.0105. The fraction of sp³-hybridized carbons (Fsp3) is 0.500. The van der Waals surface area contributed by atoms with E-state index in [1.807, 2.05) is 6.92 Å². The first-order valence-electron chi connectivity index (χ1n) is 5.98. The lowest BCUT2D eigenvalue weighted by Crippen LogP contribution is -2.33. The van der Waals surface area contributed by atoms with E-state index in [9.17, 15) is 13.5 Å². The molecule has 0 aromatic heterocycles. The van der Waals surface area contributed by atoms with Crippen LogP contribution in [0.25, 0.3) is 0 Å². The number of aliphatic hydroxyl groups is 1. The van der Waals surface area contributed by atoms with Gasteiger partial charge < -0.3 is 5.11 Å². The van der Waals surface area contributed by atoms with Crippen LogP contribution in [-0.2, 0) is 16.6 Å². The van der Waals surface area contributed by atoms with Gasteiger partial charge in [-0.1, -0.05) is 23.2 Å². The number of hydrogen-bond acceptors (Lipinski definition) is 3. The summed E-state index contributed by atoms with van der Waals surface area (Å²) in [5, 5.41) is 9.53. The van der Waals surface area contributed by atoms with Crippen LogP contribution in [0.3, 0.4) is 0 Å². The second-order valence-electron chi connectivity index (χ2n) is 4.64. The highest BCUT2D eigenvalue weighted by Gasteiger charge is 2.34. The number of rotatable bonds is 3. The molecule has 4 nitrogen and oxygen atoms in total. The van der Waals surface area contributed by atoms with Gasteiger partial charge in [0.1, 0.15) is 4.90 Å². The molecule has 1 heterocycles. The molecule has 0 aliphatic carbocycles. The average molecular weight is 324 g/mol. The molecule has 7 heteroatoms. The number of benzene rings is 1. The van der Waals surface area contributed by atoms with E-state index >= 15 is 0 Å². The third kappa shape index (κ3) is 2.76. The standard InChI is InChI=1S/C12H15Cl2NO3S/c1-8-3-2-4-15(8)19(17,18)12-5-9(7-16)10(13)6-11(12)14/h5-6,8,16H,2-4,7H2,1H3. The first-order valence-corrected chi connectivity index (χ1v) is 8.18. The molecular weight excluding hydrogens is 309 g/mol. The van der Waals surface area contributed by atoms with Crippen molar-refractivity contribution in [3.63, 3.8) is 0 Å². The molecule has 1 aliphatic heterocycles. The lowest BCUT2D eigenvalue weighted by molar-refractivity contribution is 0.281.